The van der Waals surface area contributed by atoms with Crippen LogP contribution in [0.1, 0.15) is 31.1 Å². The number of aromatic nitrogens is 2. The average molecular weight is 345 g/mol. The third-order valence-corrected chi connectivity index (χ3v) is 4.27. The van der Waals surface area contributed by atoms with Gasteiger partial charge in [0.2, 0.25) is 0 Å². The highest BCUT2D eigenvalue weighted by molar-refractivity contribution is 6.11. The molecule has 0 spiro atoms. The van der Waals surface area contributed by atoms with Gasteiger partial charge in [0.05, 0.1) is 5.56 Å². The number of rotatable bonds is 3. The largest absolute Gasteiger partial charge is 0.341 e. The second-order valence-electron chi connectivity index (χ2n) is 5.69. The van der Waals surface area contributed by atoms with Gasteiger partial charge < -0.3 is 9.88 Å². The Kier molecular flexibility index (Phi) is 5.32. The maximum absolute atomic E-state index is 12.3. The number of hydrogen-bond donors (Lipinski definition) is 1. The fourth-order valence-corrected chi connectivity index (χ4v) is 3.17. The number of nitrogens with one attached hydrogen (secondary N) is 1. The first kappa shape index (κ1) is 17.7. The number of fused-ring (bicyclic) bond motifs is 3. The van der Waals surface area contributed by atoms with Gasteiger partial charge in [-0.25, -0.2) is 0 Å². The normalized spacial score (nSPS) is 10.4. The van der Waals surface area contributed by atoms with Crippen molar-refractivity contribution < 1.29 is 4.79 Å². The van der Waals surface area contributed by atoms with Crippen LogP contribution in [0.4, 0.5) is 5.69 Å². The number of hydrogen-bond acceptors (Lipinski definition) is 2. The minimum absolute atomic E-state index is 0.151. The van der Waals surface area contributed by atoms with E-state index in [1.807, 2.05) is 32.0 Å². The van der Waals surface area contributed by atoms with E-state index in [0.29, 0.717) is 5.56 Å². The summed E-state index contributed by atoms with van der Waals surface area (Å²) in [6.45, 7) is 7.05. The third-order valence-electron chi connectivity index (χ3n) is 4.27. The standard InChI is InChI=1S/C20H17N3O.C2H6/c1-2-23-18-8-4-3-7-16(18)17-12-15(9-10-19(17)23)22-20(24)14-6-5-11-21-13-14;1-2/h3-13H,2H2,1H3,(H,22,24);1-2H3. The lowest BCUT2D eigenvalue weighted by molar-refractivity contribution is 0.102. The van der Waals surface area contributed by atoms with Gasteiger partial charge in [0, 0.05) is 46.4 Å². The quantitative estimate of drug-likeness (QED) is 0.534. The Morgan fingerprint density at radius 2 is 1.77 bits per heavy atom. The highest BCUT2D eigenvalue weighted by Gasteiger charge is 2.11. The molecule has 2 aromatic carbocycles. The molecule has 1 amide bonds. The summed E-state index contributed by atoms with van der Waals surface area (Å²) in [7, 11) is 0. The maximum Gasteiger partial charge on any atom is 0.257 e. The predicted octanol–water partition coefficient (Wildman–Crippen LogP) is 5.49. The van der Waals surface area contributed by atoms with Gasteiger partial charge in [0.25, 0.3) is 5.91 Å². The van der Waals surface area contributed by atoms with E-state index in [1.54, 1.807) is 24.5 Å². The van der Waals surface area contributed by atoms with Crippen molar-refractivity contribution in [3.8, 4) is 0 Å². The Morgan fingerprint density at radius 3 is 2.50 bits per heavy atom. The molecule has 0 aliphatic rings. The lowest BCUT2D eigenvalue weighted by atomic mass is 10.1. The van der Waals surface area contributed by atoms with E-state index in [9.17, 15) is 4.79 Å². The van der Waals surface area contributed by atoms with Crippen molar-refractivity contribution in [3.05, 3.63) is 72.6 Å². The number of anilines is 1. The van der Waals surface area contributed by atoms with Gasteiger partial charge in [-0.3, -0.25) is 9.78 Å². The van der Waals surface area contributed by atoms with Crippen LogP contribution in [0, 0.1) is 0 Å². The number of pyridine rings is 1. The molecule has 2 aromatic heterocycles. The molecule has 132 valence electrons. The molecule has 0 unspecified atom stereocenters. The molecular weight excluding hydrogens is 322 g/mol. The number of carbonyl (C=O) groups is 1. The Hall–Kier alpha value is -3.14. The van der Waals surface area contributed by atoms with E-state index in [1.165, 1.54) is 16.4 Å². The second-order valence-corrected chi connectivity index (χ2v) is 5.69. The first-order chi connectivity index (χ1) is 12.8. The Morgan fingerprint density at radius 1 is 1.00 bits per heavy atom. The smallest absolute Gasteiger partial charge is 0.257 e. The third kappa shape index (κ3) is 3.18. The van der Waals surface area contributed by atoms with Crippen molar-refractivity contribution in [1.82, 2.24) is 9.55 Å². The van der Waals surface area contributed by atoms with E-state index in [2.05, 4.69) is 46.1 Å². The van der Waals surface area contributed by atoms with Crippen molar-refractivity contribution in [1.29, 1.82) is 0 Å². The van der Waals surface area contributed by atoms with Crippen LogP contribution in [0.5, 0.6) is 0 Å². The summed E-state index contributed by atoms with van der Waals surface area (Å²) in [6.07, 6.45) is 3.22. The highest BCUT2D eigenvalue weighted by Crippen LogP contribution is 2.31. The summed E-state index contributed by atoms with van der Waals surface area (Å²) in [5, 5.41) is 5.30. The predicted molar refractivity (Wildman–Crippen MR) is 109 cm³/mol. The molecule has 0 aliphatic heterocycles. The van der Waals surface area contributed by atoms with Crippen LogP contribution in [0.25, 0.3) is 21.8 Å². The van der Waals surface area contributed by atoms with Gasteiger partial charge in [0.15, 0.2) is 0 Å². The topological polar surface area (TPSA) is 46.9 Å². The van der Waals surface area contributed by atoms with Crippen LogP contribution < -0.4 is 5.32 Å². The zero-order valence-corrected chi connectivity index (χ0v) is 15.4. The lowest BCUT2D eigenvalue weighted by Gasteiger charge is -2.06. The van der Waals surface area contributed by atoms with Crippen LogP contribution in [0.3, 0.4) is 0 Å². The van der Waals surface area contributed by atoms with E-state index in [0.717, 1.165) is 17.6 Å². The van der Waals surface area contributed by atoms with Crippen LogP contribution in [0.15, 0.2) is 67.0 Å². The average Bonchev–Trinajstić information content (AvgIpc) is 3.03. The summed E-state index contributed by atoms with van der Waals surface area (Å²) in [5.41, 5.74) is 3.73. The van der Waals surface area contributed by atoms with E-state index >= 15 is 0 Å². The maximum atomic E-state index is 12.3. The summed E-state index contributed by atoms with van der Waals surface area (Å²) in [6, 6.07) is 17.9. The van der Waals surface area contributed by atoms with Gasteiger partial charge in [-0.2, -0.15) is 0 Å². The second kappa shape index (κ2) is 7.83. The molecule has 0 saturated carbocycles. The molecule has 4 nitrogen and oxygen atoms in total. The number of para-hydroxylation sites is 1. The molecular formula is C22H23N3O. The Balaban J connectivity index is 0.000000948. The number of benzene rings is 2. The Bertz CT molecular complexity index is 1040. The van der Waals surface area contributed by atoms with Crippen molar-refractivity contribution >= 4 is 33.4 Å². The molecule has 0 fully saturated rings. The Labute approximate surface area is 153 Å². The van der Waals surface area contributed by atoms with Crippen molar-refractivity contribution in [3.63, 3.8) is 0 Å². The SMILES string of the molecule is CC.CCn1c2ccccc2c2cc(NC(=O)c3cccnc3)ccc21. The first-order valence-corrected chi connectivity index (χ1v) is 9.00. The van der Waals surface area contributed by atoms with Gasteiger partial charge >= 0.3 is 0 Å². The molecule has 4 rings (SSSR count). The van der Waals surface area contributed by atoms with Gasteiger partial charge in [0.1, 0.15) is 0 Å². The van der Waals surface area contributed by atoms with Gasteiger partial charge in [-0.05, 0) is 43.3 Å². The summed E-state index contributed by atoms with van der Waals surface area (Å²) in [5.74, 6) is -0.151. The molecule has 4 aromatic rings. The lowest BCUT2D eigenvalue weighted by Crippen LogP contribution is -2.11. The zero-order chi connectivity index (χ0) is 18.5. The molecule has 0 bridgehead atoms. The van der Waals surface area contributed by atoms with Crippen LogP contribution in [-0.2, 0) is 6.54 Å². The van der Waals surface area contributed by atoms with E-state index < -0.39 is 0 Å². The number of amides is 1. The number of aryl methyl sites for hydroxylation is 1. The molecule has 0 aliphatic carbocycles. The zero-order valence-electron chi connectivity index (χ0n) is 15.4. The molecule has 4 heteroatoms. The van der Waals surface area contributed by atoms with Crippen molar-refractivity contribution in [2.24, 2.45) is 0 Å². The highest BCUT2D eigenvalue weighted by atomic mass is 16.1. The first-order valence-electron chi connectivity index (χ1n) is 9.00. The van der Waals surface area contributed by atoms with Gasteiger partial charge in [-0.1, -0.05) is 32.0 Å². The molecule has 26 heavy (non-hydrogen) atoms. The molecule has 1 N–H and O–H groups in total. The minimum Gasteiger partial charge on any atom is -0.341 e. The van der Waals surface area contributed by atoms with Crippen molar-refractivity contribution in [2.45, 2.75) is 27.3 Å². The molecule has 0 radical (unpaired) electrons. The molecule has 0 saturated heterocycles. The summed E-state index contributed by atoms with van der Waals surface area (Å²) in [4.78, 5) is 16.3. The van der Waals surface area contributed by atoms with Crippen LogP contribution in [-0.4, -0.2) is 15.5 Å². The monoisotopic (exact) mass is 345 g/mol. The number of carbonyl (C=O) groups excluding carboxylic acids is 1. The number of nitrogens with zero attached hydrogens (tertiary/aromatic N) is 2. The fraction of sp³-hybridized carbons (Fsp3) is 0.182. The van der Waals surface area contributed by atoms with Crippen molar-refractivity contribution in [2.75, 3.05) is 5.32 Å². The fourth-order valence-electron chi connectivity index (χ4n) is 3.17. The minimum atomic E-state index is -0.151. The van der Waals surface area contributed by atoms with E-state index in [-0.39, 0.29) is 5.91 Å². The van der Waals surface area contributed by atoms with Crippen LogP contribution >= 0.6 is 0 Å². The van der Waals surface area contributed by atoms with Crippen LogP contribution in [0.2, 0.25) is 0 Å². The van der Waals surface area contributed by atoms with E-state index in [4.69, 9.17) is 0 Å². The summed E-state index contributed by atoms with van der Waals surface area (Å²) < 4.78 is 2.29. The summed E-state index contributed by atoms with van der Waals surface area (Å²) >= 11 is 0. The molecule has 2 heterocycles. The van der Waals surface area contributed by atoms with Gasteiger partial charge in [-0.15, -0.1) is 0 Å². The molecule has 0 atom stereocenters.